The van der Waals surface area contributed by atoms with Crippen LogP contribution in [-0.4, -0.2) is 15.0 Å². The van der Waals surface area contributed by atoms with E-state index in [1.54, 1.807) is 0 Å². The highest BCUT2D eigenvalue weighted by atomic mass is 15.0. The molecular weight excluding hydrogens is 462 g/mol. The molecule has 6 aromatic carbocycles. The Morgan fingerprint density at radius 3 is 1.71 bits per heavy atom. The molecule has 2 heterocycles. The monoisotopic (exact) mass is 483 g/mol. The molecule has 0 saturated carbocycles. The first-order valence-corrected chi connectivity index (χ1v) is 12.8. The summed E-state index contributed by atoms with van der Waals surface area (Å²) in [7, 11) is 0. The number of fused-ring (bicyclic) bond motifs is 11. The van der Waals surface area contributed by atoms with Crippen LogP contribution in [0.5, 0.6) is 0 Å². The zero-order valence-corrected chi connectivity index (χ0v) is 20.5. The zero-order valence-electron chi connectivity index (χ0n) is 20.5. The van der Waals surface area contributed by atoms with Crippen LogP contribution in [-0.2, 0) is 0 Å². The fraction of sp³-hybridized carbons (Fsp3) is 0. The molecule has 8 rings (SSSR count). The van der Waals surface area contributed by atoms with Gasteiger partial charge < -0.3 is 0 Å². The number of hydrogen-bond acceptors (Lipinski definition) is 3. The van der Waals surface area contributed by atoms with Crippen LogP contribution >= 0.6 is 0 Å². The number of nitrogens with zero attached hydrogens (tertiary/aromatic N) is 3. The van der Waals surface area contributed by atoms with Crippen molar-refractivity contribution >= 4 is 65.2 Å². The molecule has 0 fully saturated rings. The molecule has 0 saturated heterocycles. The van der Waals surface area contributed by atoms with E-state index in [4.69, 9.17) is 15.0 Å². The molecule has 3 nitrogen and oxygen atoms in total. The minimum Gasteiger partial charge on any atom is -0.208 e. The van der Waals surface area contributed by atoms with Crippen molar-refractivity contribution in [1.29, 1.82) is 0 Å². The smallest absolute Gasteiger partial charge is 0.164 e. The third-order valence-electron chi connectivity index (χ3n) is 7.42. The van der Waals surface area contributed by atoms with Gasteiger partial charge in [-0.2, -0.15) is 0 Å². The quantitative estimate of drug-likeness (QED) is 0.219. The van der Waals surface area contributed by atoms with Crippen molar-refractivity contribution in [3.05, 3.63) is 127 Å². The van der Waals surface area contributed by atoms with E-state index in [1.165, 1.54) is 26.9 Å². The second kappa shape index (κ2) is 8.19. The lowest BCUT2D eigenvalue weighted by Crippen LogP contribution is -1.94. The summed E-state index contributed by atoms with van der Waals surface area (Å²) in [6.07, 6.45) is 0. The minimum absolute atomic E-state index is 0.668. The summed E-state index contributed by atoms with van der Waals surface area (Å²) in [4.78, 5) is 15.1. The van der Waals surface area contributed by atoms with Gasteiger partial charge in [0.15, 0.2) is 17.1 Å². The Hall–Kier alpha value is -5.15. The van der Waals surface area contributed by atoms with Gasteiger partial charge in [0.1, 0.15) is 0 Å². The Morgan fingerprint density at radius 2 is 0.921 bits per heavy atom. The van der Waals surface area contributed by atoms with E-state index in [-0.39, 0.29) is 0 Å². The van der Waals surface area contributed by atoms with Crippen LogP contribution in [0.25, 0.3) is 76.5 Å². The lowest BCUT2D eigenvalue weighted by atomic mass is 9.97. The van der Waals surface area contributed by atoms with E-state index in [9.17, 15) is 0 Å². The van der Waals surface area contributed by atoms with Crippen LogP contribution in [0, 0.1) is 0 Å². The molecule has 38 heavy (non-hydrogen) atoms. The van der Waals surface area contributed by atoms with Gasteiger partial charge in [0.25, 0.3) is 0 Å². The topological polar surface area (TPSA) is 38.7 Å². The largest absolute Gasteiger partial charge is 0.208 e. The lowest BCUT2D eigenvalue weighted by Gasteiger charge is -2.09. The van der Waals surface area contributed by atoms with E-state index in [2.05, 4.69) is 97.1 Å². The molecule has 0 radical (unpaired) electrons. The van der Waals surface area contributed by atoms with Gasteiger partial charge in [-0.25, -0.2) is 15.0 Å². The van der Waals surface area contributed by atoms with Crippen LogP contribution in [0.15, 0.2) is 127 Å². The predicted molar refractivity (Wildman–Crippen MR) is 159 cm³/mol. The van der Waals surface area contributed by atoms with Crippen molar-refractivity contribution in [3.63, 3.8) is 0 Å². The summed E-state index contributed by atoms with van der Waals surface area (Å²) in [5.41, 5.74) is 2.31. The average molecular weight is 484 g/mol. The molecule has 0 aliphatic carbocycles. The molecule has 176 valence electrons. The zero-order chi connectivity index (χ0) is 25.1. The van der Waals surface area contributed by atoms with Gasteiger partial charge >= 0.3 is 0 Å². The second-order valence-corrected chi connectivity index (χ2v) is 9.74. The first-order chi connectivity index (χ1) is 18.8. The Balaban J connectivity index is 1.69. The Labute approximate surface area is 218 Å². The van der Waals surface area contributed by atoms with Gasteiger partial charge in [0.05, 0.1) is 0 Å². The van der Waals surface area contributed by atoms with Crippen molar-refractivity contribution in [1.82, 2.24) is 15.0 Å². The summed E-state index contributed by atoms with van der Waals surface area (Å²) in [6, 6.07) is 44.9. The van der Waals surface area contributed by atoms with Crippen LogP contribution in [0.3, 0.4) is 0 Å². The summed E-state index contributed by atoms with van der Waals surface area (Å²) in [5, 5.41) is 11.4. The molecule has 0 amide bonds. The predicted octanol–water partition coefficient (Wildman–Crippen LogP) is 9.02. The standard InChI is InChI=1S/C35H21N3/c1-2-7-24(8-3-1)33-36-34-29-13-5-12-27(20-29)25-10-4-11-26(19-25)28-18-16-22-15-17-23-9-6-14-30(35(37-33)38-34)32(23)31(22)21-28/h1-21H. The highest BCUT2D eigenvalue weighted by molar-refractivity contribution is 6.20. The first-order valence-electron chi connectivity index (χ1n) is 12.8. The van der Waals surface area contributed by atoms with Crippen molar-refractivity contribution in [2.45, 2.75) is 0 Å². The number of hydrogen-bond donors (Lipinski definition) is 0. The first kappa shape index (κ1) is 21.0. The fourth-order valence-corrected chi connectivity index (χ4v) is 5.53. The molecule has 0 unspecified atom stereocenters. The molecule has 0 aliphatic rings. The van der Waals surface area contributed by atoms with Gasteiger partial charge in [-0.1, -0.05) is 109 Å². The van der Waals surface area contributed by atoms with Crippen molar-refractivity contribution in [2.24, 2.45) is 0 Å². The van der Waals surface area contributed by atoms with Crippen molar-refractivity contribution in [2.75, 3.05) is 0 Å². The average Bonchev–Trinajstić information content (AvgIpc) is 3.00. The molecule has 3 heteroatoms. The Kier molecular flexibility index (Phi) is 4.52. The maximum absolute atomic E-state index is 5.08. The van der Waals surface area contributed by atoms with Gasteiger partial charge in [-0.05, 0) is 55.9 Å². The third kappa shape index (κ3) is 3.33. The summed E-state index contributed by atoms with van der Waals surface area (Å²) in [5.74, 6) is 0.669. The highest BCUT2D eigenvalue weighted by Crippen LogP contribution is 2.33. The third-order valence-corrected chi connectivity index (χ3v) is 7.42. The summed E-state index contributed by atoms with van der Waals surface area (Å²) in [6.45, 7) is 0. The molecular formula is C35H21N3. The van der Waals surface area contributed by atoms with E-state index in [0.717, 1.165) is 32.5 Å². The number of rotatable bonds is 1. The SMILES string of the molecule is c1ccc(-c2nc3nc(n2)c2cccc4ccc5ccc(cc5c42)c2cccc(c2)c2cccc3c2)cc1. The molecule has 0 spiro atoms. The fourth-order valence-electron chi connectivity index (χ4n) is 5.53. The van der Waals surface area contributed by atoms with E-state index >= 15 is 0 Å². The van der Waals surface area contributed by atoms with Crippen LogP contribution in [0.4, 0.5) is 0 Å². The van der Waals surface area contributed by atoms with Gasteiger partial charge in [-0.3, -0.25) is 0 Å². The minimum atomic E-state index is 0.668. The molecule has 0 aliphatic heterocycles. The second-order valence-electron chi connectivity index (χ2n) is 9.74. The molecule has 8 bridgehead atoms. The molecule has 0 atom stereocenters. The normalized spacial score (nSPS) is 11.7. The molecule has 8 aromatic rings. The van der Waals surface area contributed by atoms with Crippen LogP contribution < -0.4 is 0 Å². The summed E-state index contributed by atoms with van der Waals surface area (Å²) < 4.78 is 0. The van der Waals surface area contributed by atoms with Gasteiger partial charge in [0, 0.05) is 21.7 Å². The molecule has 2 aromatic heterocycles. The maximum atomic E-state index is 5.08. The van der Waals surface area contributed by atoms with Crippen LogP contribution in [0.1, 0.15) is 0 Å². The van der Waals surface area contributed by atoms with E-state index in [1.807, 2.05) is 30.3 Å². The summed E-state index contributed by atoms with van der Waals surface area (Å²) >= 11 is 0. The number of aromatic nitrogens is 3. The Bertz CT molecular complexity index is 2240. The van der Waals surface area contributed by atoms with E-state index < -0.39 is 0 Å². The lowest BCUT2D eigenvalue weighted by molar-refractivity contribution is 1.18. The van der Waals surface area contributed by atoms with Crippen molar-refractivity contribution in [3.8, 4) is 11.4 Å². The molecule has 0 N–H and O–H groups in total. The van der Waals surface area contributed by atoms with E-state index in [0.29, 0.717) is 17.1 Å². The number of benzene rings is 6. The highest BCUT2D eigenvalue weighted by Gasteiger charge is 2.10. The Morgan fingerprint density at radius 1 is 0.342 bits per heavy atom. The van der Waals surface area contributed by atoms with Crippen molar-refractivity contribution < 1.29 is 0 Å². The maximum Gasteiger partial charge on any atom is 0.164 e. The van der Waals surface area contributed by atoms with Gasteiger partial charge in [0.2, 0.25) is 0 Å². The van der Waals surface area contributed by atoms with Crippen LogP contribution in [0.2, 0.25) is 0 Å². The van der Waals surface area contributed by atoms with Gasteiger partial charge in [-0.15, -0.1) is 0 Å².